The lowest BCUT2D eigenvalue weighted by Crippen LogP contribution is -1.93. The Morgan fingerprint density at radius 3 is 1.53 bits per heavy atom. The minimum Gasteiger partial charge on any atom is -0.290 e. The molecule has 0 saturated heterocycles. The van der Waals surface area contributed by atoms with Gasteiger partial charge in [-0.05, 0) is 17.5 Å². The van der Waals surface area contributed by atoms with Gasteiger partial charge in [0.05, 0.1) is 22.1 Å². The number of rotatable bonds is 0. The first-order valence-electron chi connectivity index (χ1n) is 10.1. The van der Waals surface area contributed by atoms with Crippen LogP contribution >= 0.6 is 0 Å². The lowest BCUT2D eigenvalue weighted by molar-refractivity contribution is 1.16. The first-order chi connectivity index (χ1) is 14.9. The van der Waals surface area contributed by atoms with Gasteiger partial charge in [0.2, 0.25) is 0 Å². The molecule has 8 rings (SSSR count). The van der Waals surface area contributed by atoms with Crippen LogP contribution in [-0.4, -0.2) is 18.8 Å². The van der Waals surface area contributed by atoms with Crippen molar-refractivity contribution < 1.29 is 0 Å². The average molecular weight is 382 g/mol. The van der Waals surface area contributed by atoms with Crippen LogP contribution in [0.3, 0.4) is 0 Å². The van der Waals surface area contributed by atoms with Crippen molar-refractivity contribution in [3.05, 3.63) is 85.2 Å². The second-order valence-corrected chi connectivity index (χ2v) is 7.93. The smallest absolute Gasteiger partial charge is 0.181 e. The van der Waals surface area contributed by atoms with Crippen LogP contribution in [0.15, 0.2) is 85.2 Å². The number of nitrogens with zero attached hydrogens (tertiary/aromatic N) is 4. The van der Waals surface area contributed by atoms with Gasteiger partial charge in [0.1, 0.15) is 0 Å². The van der Waals surface area contributed by atoms with Crippen LogP contribution < -0.4 is 0 Å². The molecule has 0 aliphatic rings. The first kappa shape index (κ1) is 14.8. The Balaban J connectivity index is 1.95. The minimum absolute atomic E-state index is 0.870. The van der Waals surface area contributed by atoms with Gasteiger partial charge in [-0.1, -0.05) is 60.7 Å². The van der Waals surface area contributed by atoms with E-state index in [2.05, 4.69) is 81.6 Å². The van der Waals surface area contributed by atoms with E-state index in [9.17, 15) is 0 Å². The molecule has 4 aromatic heterocycles. The fourth-order valence-corrected chi connectivity index (χ4v) is 5.39. The van der Waals surface area contributed by atoms with Gasteiger partial charge in [-0.25, -0.2) is 9.97 Å². The van der Waals surface area contributed by atoms with E-state index in [1.807, 2.05) is 0 Å². The van der Waals surface area contributed by atoms with Crippen molar-refractivity contribution in [2.75, 3.05) is 0 Å². The SMILES string of the molecule is c1ccc2c(c1)c1ccc3ccc4c5ccccc5n5c6nccnc6n2c1c3c45. The molecule has 4 aromatic carbocycles. The highest BCUT2D eigenvalue weighted by Gasteiger charge is 2.21. The molecule has 30 heavy (non-hydrogen) atoms. The summed E-state index contributed by atoms with van der Waals surface area (Å²) in [6.07, 6.45) is 3.58. The minimum atomic E-state index is 0.870. The molecule has 0 bridgehead atoms. The van der Waals surface area contributed by atoms with E-state index >= 15 is 0 Å². The molecule has 8 aromatic rings. The largest absolute Gasteiger partial charge is 0.290 e. The Bertz CT molecular complexity index is 1820. The molecular weight excluding hydrogens is 368 g/mol. The van der Waals surface area contributed by atoms with Crippen molar-refractivity contribution in [1.82, 2.24) is 18.8 Å². The molecule has 0 fully saturated rings. The summed E-state index contributed by atoms with van der Waals surface area (Å²) in [5, 5.41) is 7.48. The Kier molecular flexibility index (Phi) is 2.39. The number of benzene rings is 4. The van der Waals surface area contributed by atoms with Gasteiger partial charge in [0.25, 0.3) is 0 Å². The third-order valence-corrected chi connectivity index (χ3v) is 6.53. The van der Waals surface area contributed by atoms with Crippen molar-refractivity contribution in [1.29, 1.82) is 0 Å². The molecule has 0 atom stereocenters. The van der Waals surface area contributed by atoms with E-state index < -0.39 is 0 Å². The van der Waals surface area contributed by atoms with E-state index in [0.29, 0.717) is 0 Å². The van der Waals surface area contributed by atoms with Crippen molar-refractivity contribution >= 4 is 65.7 Å². The number of para-hydroxylation sites is 2. The molecule has 138 valence electrons. The number of fused-ring (bicyclic) bond motifs is 9. The van der Waals surface area contributed by atoms with E-state index in [1.165, 1.54) is 43.4 Å². The molecule has 4 heterocycles. The summed E-state index contributed by atoms with van der Waals surface area (Å²) in [6, 6.07) is 26.2. The Morgan fingerprint density at radius 2 is 1.00 bits per heavy atom. The van der Waals surface area contributed by atoms with Crippen molar-refractivity contribution in [3.8, 4) is 0 Å². The molecule has 0 radical (unpaired) electrons. The molecule has 4 heteroatoms. The summed E-state index contributed by atoms with van der Waals surface area (Å²) < 4.78 is 4.60. The quantitative estimate of drug-likeness (QED) is 0.314. The molecule has 0 unspecified atom stereocenters. The van der Waals surface area contributed by atoms with Crippen molar-refractivity contribution in [2.24, 2.45) is 0 Å². The maximum absolute atomic E-state index is 4.85. The average Bonchev–Trinajstić information content (AvgIpc) is 3.27. The monoisotopic (exact) mass is 382 g/mol. The van der Waals surface area contributed by atoms with Crippen molar-refractivity contribution in [3.63, 3.8) is 0 Å². The highest BCUT2D eigenvalue weighted by molar-refractivity contribution is 6.29. The third-order valence-electron chi connectivity index (χ3n) is 6.53. The number of hydrogen-bond donors (Lipinski definition) is 0. The predicted octanol–water partition coefficient (Wildman–Crippen LogP) is 6.19. The second-order valence-electron chi connectivity index (χ2n) is 7.93. The molecule has 4 nitrogen and oxygen atoms in total. The predicted molar refractivity (Wildman–Crippen MR) is 123 cm³/mol. The van der Waals surface area contributed by atoms with Crippen LogP contribution in [0.4, 0.5) is 0 Å². The molecule has 0 amide bonds. The van der Waals surface area contributed by atoms with Gasteiger partial charge in [0.15, 0.2) is 11.3 Å². The molecule has 0 aliphatic heterocycles. The lowest BCUT2D eigenvalue weighted by Gasteiger charge is -2.03. The summed E-state index contributed by atoms with van der Waals surface area (Å²) in [5.74, 6) is 0. The fraction of sp³-hybridized carbons (Fsp3) is 0. The molecule has 0 aliphatic carbocycles. The topological polar surface area (TPSA) is 34.6 Å². The van der Waals surface area contributed by atoms with Gasteiger partial charge < -0.3 is 0 Å². The van der Waals surface area contributed by atoms with E-state index in [0.717, 1.165) is 22.3 Å². The summed E-state index contributed by atoms with van der Waals surface area (Å²) in [4.78, 5) is 9.70. The molecule has 0 N–H and O–H groups in total. The third kappa shape index (κ3) is 1.50. The maximum Gasteiger partial charge on any atom is 0.181 e. The van der Waals surface area contributed by atoms with Crippen LogP contribution in [0.25, 0.3) is 65.7 Å². The number of aromatic nitrogens is 4. The summed E-state index contributed by atoms with van der Waals surface area (Å²) >= 11 is 0. The van der Waals surface area contributed by atoms with Crippen LogP contribution in [0.1, 0.15) is 0 Å². The number of hydrogen-bond acceptors (Lipinski definition) is 2. The van der Waals surface area contributed by atoms with Gasteiger partial charge in [-0.15, -0.1) is 0 Å². The normalized spacial score (nSPS) is 12.7. The molecular formula is C26H14N4. The highest BCUT2D eigenvalue weighted by atomic mass is 15.1. The van der Waals surface area contributed by atoms with Gasteiger partial charge in [0, 0.05) is 39.3 Å². The molecule has 0 saturated carbocycles. The Labute approximate surface area is 169 Å². The zero-order valence-electron chi connectivity index (χ0n) is 15.9. The lowest BCUT2D eigenvalue weighted by atomic mass is 10.0. The zero-order valence-corrected chi connectivity index (χ0v) is 15.9. The second kappa shape index (κ2) is 4.86. The standard InChI is InChI=1S/C26H14N4/c1-3-7-20-16(5-1)18-11-9-15-10-12-19-17-6-2-4-8-21(17)30-24(19)22(15)23(18)29(20)25-26(30)28-14-13-27-25/h1-14H. The van der Waals surface area contributed by atoms with Crippen LogP contribution in [0.2, 0.25) is 0 Å². The van der Waals surface area contributed by atoms with E-state index in [4.69, 9.17) is 9.97 Å². The maximum atomic E-state index is 4.85. The van der Waals surface area contributed by atoms with Gasteiger partial charge in [-0.2, -0.15) is 0 Å². The first-order valence-corrected chi connectivity index (χ1v) is 10.1. The Hall–Kier alpha value is -4.18. The van der Waals surface area contributed by atoms with Crippen LogP contribution in [-0.2, 0) is 0 Å². The van der Waals surface area contributed by atoms with Crippen LogP contribution in [0, 0.1) is 0 Å². The highest BCUT2D eigenvalue weighted by Crippen LogP contribution is 2.42. The van der Waals surface area contributed by atoms with Gasteiger partial charge in [-0.3, -0.25) is 8.80 Å². The summed E-state index contributed by atoms with van der Waals surface area (Å²) in [7, 11) is 0. The zero-order chi connectivity index (χ0) is 19.4. The van der Waals surface area contributed by atoms with Crippen LogP contribution in [0.5, 0.6) is 0 Å². The summed E-state index contributed by atoms with van der Waals surface area (Å²) in [6.45, 7) is 0. The van der Waals surface area contributed by atoms with E-state index in [1.54, 1.807) is 12.4 Å². The molecule has 0 spiro atoms. The fourth-order valence-electron chi connectivity index (χ4n) is 5.39. The van der Waals surface area contributed by atoms with E-state index in [-0.39, 0.29) is 0 Å². The van der Waals surface area contributed by atoms with Crippen molar-refractivity contribution in [2.45, 2.75) is 0 Å². The Morgan fingerprint density at radius 1 is 0.500 bits per heavy atom. The van der Waals surface area contributed by atoms with Gasteiger partial charge >= 0.3 is 0 Å². The summed E-state index contributed by atoms with van der Waals surface area (Å²) in [5.41, 5.74) is 6.48.